The molecule has 1 atom stereocenters. The first-order valence-electron chi connectivity index (χ1n) is 7.61. The Labute approximate surface area is 121 Å². The van der Waals surface area contributed by atoms with E-state index in [-0.39, 0.29) is 0 Å². The van der Waals surface area contributed by atoms with Gasteiger partial charge in [-0.2, -0.15) is 11.8 Å². The summed E-state index contributed by atoms with van der Waals surface area (Å²) < 4.78 is 0. The zero-order chi connectivity index (χ0) is 12.9. The van der Waals surface area contributed by atoms with E-state index in [1.165, 1.54) is 68.1 Å². The molecular weight excluding hydrogens is 252 g/mol. The van der Waals surface area contributed by atoms with Crippen molar-refractivity contribution in [2.24, 2.45) is 0 Å². The maximum absolute atomic E-state index is 3.67. The van der Waals surface area contributed by atoms with Crippen molar-refractivity contribution in [2.75, 3.05) is 34.8 Å². The van der Waals surface area contributed by atoms with E-state index in [0.29, 0.717) is 6.04 Å². The van der Waals surface area contributed by atoms with E-state index < -0.39 is 0 Å². The maximum atomic E-state index is 3.67. The van der Waals surface area contributed by atoms with Crippen LogP contribution in [0.25, 0.3) is 0 Å². The van der Waals surface area contributed by atoms with Gasteiger partial charge in [0.1, 0.15) is 0 Å². The van der Waals surface area contributed by atoms with Crippen LogP contribution in [-0.2, 0) is 0 Å². The third kappa shape index (κ3) is 3.59. The van der Waals surface area contributed by atoms with Crippen LogP contribution >= 0.6 is 11.8 Å². The fraction of sp³-hybridized carbons (Fsp3) is 0.625. The van der Waals surface area contributed by atoms with Gasteiger partial charge in [0.2, 0.25) is 0 Å². The molecule has 1 N–H and O–H groups in total. The second-order valence-corrected chi connectivity index (χ2v) is 6.80. The van der Waals surface area contributed by atoms with E-state index in [2.05, 4.69) is 46.2 Å². The number of benzene rings is 1. The van der Waals surface area contributed by atoms with Crippen molar-refractivity contribution in [2.45, 2.75) is 38.1 Å². The molecule has 3 rings (SSSR count). The average Bonchev–Trinajstić information content (AvgIpc) is 2.50. The van der Waals surface area contributed by atoms with Crippen LogP contribution in [-0.4, -0.2) is 30.6 Å². The van der Waals surface area contributed by atoms with Crippen LogP contribution in [0.2, 0.25) is 0 Å². The molecule has 0 amide bonds. The third-order valence-electron chi connectivity index (χ3n) is 4.12. The summed E-state index contributed by atoms with van der Waals surface area (Å²) in [5.41, 5.74) is 2.68. The molecular formula is C16H24N2S. The number of piperidine rings is 1. The van der Waals surface area contributed by atoms with Crippen molar-refractivity contribution in [3.05, 3.63) is 24.3 Å². The van der Waals surface area contributed by atoms with E-state index in [9.17, 15) is 0 Å². The molecule has 2 saturated heterocycles. The van der Waals surface area contributed by atoms with E-state index >= 15 is 0 Å². The zero-order valence-corrected chi connectivity index (χ0v) is 12.4. The molecule has 2 fully saturated rings. The standard InChI is InChI=1S/C16H24N2S/c1-2-10-18(11-3-1)16-8-6-14(7-9-16)17-15-5-4-12-19-13-15/h6-9,15,17H,1-5,10-13H2. The van der Waals surface area contributed by atoms with Gasteiger partial charge in [0.05, 0.1) is 0 Å². The molecule has 104 valence electrons. The van der Waals surface area contributed by atoms with Crippen molar-refractivity contribution in [1.29, 1.82) is 0 Å². The highest BCUT2D eigenvalue weighted by molar-refractivity contribution is 7.99. The van der Waals surface area contributed by atoms with Gasteiger partial charge >= 0.3 is 0 Å². The second-order valence-electron chi connectivity index (χ2n) is 5.65. The molecule has 0 aromatic heterocycles. The Kier molecular flexibility index (Phi) is 4.54. The maximum Gasteiger partial charge on any atom is 0.0367 e. The molecule has 2 nitrogen and oxygen atoms in total. The summed E-state index contributed by atoms with van der Waals surface area (Å²) in [7, 11) is 0. The molecule has 2 aliphatic heterocycles. The number of nitrogens with zero attached hydrogens (tertiary/aromatic N) is 1. The number of anilines is 2. The van der Waals surface area contributed by atoms with Crippen molar-refractivity contribution < 1.29 is 0 Å². The summed E-state index contributed by atoms with van der Waals surface area (Å²) in [5, 5.41) is 3.67. The van der Waals surface area contributed by atoms with Gasteiger partial charge in [-0.3, -0.25) is 0 Å². The average molecular weight is 276 g/mol. The molecule has 0 saturated carbocycles. The first-order chi connectivity index (χ1) is 9.42. The number of hydrogen-bond donors (Lipinski definition) is 1. The van der Waals surface area contributed by atoms with Gasteiger partial charge in [0.25, 0.3) is 0 Å². The molecule has 1 unspecified atom stereocenters. The Morgan fingerprint density at radius 3 is 2.47 bits per heavy atom. The topological polar surface area (TPSA) is 15.3 Å². The summed E-state index contributed by atoms with van der Waals surface area (Å²) >= 11 is 2.08. The van der Waals surface area contributed by atoms with Crippen LogP contribution in [0.4, 0.5) is 11.4 Å². The first kappa shape index (κ1) is 13.2. The molecule has 2 heterocycles. The van der Waals surface area contributed by atoms with Crippen LogP contribution in [0.3, 0.4) is 0 Å². The van der Waals surface area contributed by atoms with Gasteiger partial charge in [0.15, 0.2) is 0 Å². The minimum atomic E-state index is 0.666. The number of nitrogens with one attached hydrogen (secondary N) is 1. The van der Waals surface area contributed by atoms with Crippen molar-refractivity contribution >= 4 is 23.1 Å². The second kappa shape index (κ2) is 6.56. The molecule has 19 heavy (non-hydrogen) atoms. The summed E-state index contributed by atoms with van der Waals surface area (Å²) in [4.78, 5) is 2.52. The fourth-order valence-corrected chi connectivity index (χ4v) is 4.08. The Hall–Kier alpha value is -0.830. The Morgan fingerprint density at radius 2 is 1.79 bits per heavy atom. The predicted octanol–water partition coefficient (Wildman–Crippen LogP) is 3.98. The fourth-order valence-electron chi connectivity index (χ4n) is 3.01. The van der Waals surface area contributed by atoms with E-state index in [0.717, 1.165) is 0 Å². The Morgan fingerprint density at radius 1 is 1.00 bits per heavy atom. The third-order valence-corrected chi connectivity index (χ3v) is 5.34. The predicted molar refractivity (Wildman–Crippen MR) is 86.5 cm³/mol. The highest BCUT2D eigenvalue weighted by Crippen LogP contribution is 2.24. The number of thioether (sulfide) groups is 1. The molecule has 0 radical (unpaired) electrons. The molecule has 1 aromatic rings. The van der Waals surface area contributed by atoms with Crippen molar-refractivity contribution in [3.8, 4) is 0 Å². The van der Waals surface area contributed by atoms with Gasteiger partial charge in [-0.25, -0.2) is 0 Å². The lowest BCUT2D eigenvalue weighted by Crippen LogP contribution is -2.29. The summed E-state index contributed by atoms with van der Waals surface area (Å²) in [6, 6.07) is 9.74. The van der Waals surface area contributed by atoms with Crippen molar-refractivity contribution in [3.63, 3.8) is 0 Å². The quantitative estimate of drug-likeness (QED) is 0.899. The Balaban J connectivity index is 1.58. The summed E-state index contributed by atoms with van der Waals surface area (Å²) in [6.07, 6.45) is 6.77. The number of hydrogen-bond acceptors (Lipinski definition) is 3. The SMILES string of the molecule is c1cc(N2CCCCC2)ccc1NC1CCCSC1. The van der Waals surface area contributed by atoms with Gasteiger partial charge in [-0.15, -0.1) is 0 Å². The smallest absolute Gasteiger partial charge is 0.0367 e. The molecule has 3 heteroatoms. The lowest BCUT2D eigenvalue weighted by atomic mass is 10.1. The van der Waals surface area contributed by atoms with E-state index in [4.69, 9.17) is 0 Å². The van der Waals surface area contributed by atoms with Gasteiger partial charge in [-0.05, 0) is 62.1 Å². The van der Waals surface area contributed by atoms with Crippen LogP contribution in [0.5, 0.6) is 0 Å². The highest BCUT2D eigenvalue weighted by Gasteiger charge is 2.14. The van der Waals surface area contributed by atoms with Crippen LogP contribution in [0.1, 0.15) is 32.1 Å². The molecule has 1 aromatic carbocycles. The minimum Gasteiger partial charge on any atom is -0.381 e. The molecule has 0 spiro atoms. The molecule has 2 aliphatic rings. The van der Waals surface area contributed by atoms with E-state index in [1.807, 2.05) is 0 Å². The van der Waals surface area contributed by atoms with Crippen molar-refractivity contribution in [1.82, 2.24) is 0 Å². The normalized spacial score (nSPS) is 24.2. The van der Waals surface area contributed by atoms with Crippen LogP contribution in [0, 0.1) is 0 Å². The van der Waals surface area contributed by atoms with Gasteiger partial charge < -0.3 is 10.2 Å². The number of rotatable bonds is 3. The molecule has 0 aliphatic carbocycles. The minimum absolute atomic E-state index is 0.666. The summed E-state index contributed by atoms with van der Waals surface area (Å²) in [5.74, 6) is 2.60. The van der Waals surface area contributed by atoms with Crippen LogP contribution in [0.15, 0.2) is 24.3 Å². The summed E-state index contributed by atoms with van der Waals surface area (Å²) in [6.45, 7) is 2.46. The monoisotopic (exact) mass is 276 g/mol. The first-order valence-corrected chi connectivity index (χ1v) is 8.76. The lowest BCUT2D eigenvalue weighted by Gasteiger charge is -2.29. The largest absolute Gasteiger partial charge is 0.381 e. The van der Waals surface area contributed by atoms with Gasteiger partial charge in [-0.1, -0.05) is 0 Å². The Bertz CT molecular complexity index is 378. The van der Waals surface area contributed by atoms with E-state index in [1.54, 1.807) is 0 Å². The highest BCUT2D eigenvalue weighted by atomic mass is 32.2. The van der Waals surface area contributed by atoms with Crippen LogP contribution < -0.4 is 10.2 Å². The van der Waals surface area contributed by atoms with Gasteiger partial charge in [0, 0.05) is 36.3 Å². The lowest BCUT2D eigenvalue weighted by molar-refractivity contribution is 0.578. The zero-order valence-electron chi connectivity index (χ0n) is 11.6. The molecule has 0 bridgehead atoms.